The third-order valence-corrected chi connectivity index (χ3v) is 6.16. The average molecular weight is 375 g/mol. The minimum absolute atomic E-state index is 0.0433. The van der Waals surface area contributed by atoms with Crippen LogP contribution >= 0.6 is 0 Å². The van der Waals surface area contributed by atoms with E-state index in [1.807, 2.05) is 12.1 Å². The molecule has 0 aliphatic carbocycles. The maximum atomic E-state index is 12.5. The third kappa shape index (κ3) is 3.86. The maximum absolute atomic E-state index is 12.5. The summed E-state index contributed by atoms with van der Waals surface area (Å²) < 4.78 is 27.5. The van der Waals surface area contributed by atoms with Crippen LogP contribution in [0.5, 0.6) is 0 Å². The molecule has 0 unspecified atom stereocenters. The molecule has 0 atom stereocenters. The number of para-hydroxylation sites is 1. The largest absolute Gasteiger partial charge is 0.371 e. The van der Waals surface area contributed by atoms with E-state index < -0.39 is 14.9 Å². The first-order valence-electron chi connectivity index (χ1n) is 8.46. The second-order valence-electron chi connectivity index (χ2n) is 6.32. The Hall–Kier alpha value is -2.45. The molecular formula is C18H21N3O4S. The second kappa shape index (κ2) is 7.43. The quantitative estimate of drug-likeness (QED) is 0.456. The van der Waals surface area contributed by atoms with Gasteiger partial charge in [-0.05, 0) is 37.0 Å². The van der Waals surface area contributed by atoms with E-state index in [0.717, 1.165) is 25.6 Å². The highest BCUT2D eigenvalue weighted by Gasteiger charge is 2.21. The maximum Gasteiger partial charge on any atom is 0.270 e. The number of nitrogens with one attached hydrogen (secondary N) is 1. The van der Waals surface area contributed by atoms with Gasteiger partial charge in [-0.15, -0.1) is 0 Å². The molecule has 0 aromatic heterocycles. The van der Waals surface area contributed by atoms with Crippen molar-refractivity contribution in [2.75, 3.05) is 24.5 Å². The lowest BCUT2D eigenvalue weighted by Gasteiger charge is -2.19. The SMILES string of the molecule is Cc1ccc([N+](=O)[O-])cc1S(=O)(=O)NCCCN1CCc2ccccc21. The molecule has 1 N–H and O–H groups in total. The molecular weight excluding hydrogens is 354 g/mol. The first-order chi connectivity index (χ1) is 12.4. The van der Waals surface area contributed by atoms with E-state index in [1.165, 1.54) is 23.4 Å². The first kappa shape index (κ1) is 18.3. The van der Waals surface area contributed by atoms with Crippen molar-refractivity contribution in [2.45, 2.75) is 24.7 Å². The predicted octanol–water partition coefficient (Wildman–Crippen LogP) is 2.63. The number of nitrogens with zero attached hydrogens (tertiary/aromatic N) is 2. The number of non-ortho nitro benzene ring substituents is 1. The number of aryl methyl sites for hydroxylation is 1. The normalized spacial score (nSPS) is 13.7. The van der Waals surface area contributed by atoms with E-state index in [1.54, 1.807) is 6.92 Å². The van der Waals surface area contributed by atoms with Crippen molar-refractivity contribution in [3.05, 3.63) is 63.7 Å². The van der Waals surface area contributed by atoms with Crippen LogP contribution in [0.1, 0.15) is 17.5 Å². The van der Waals surface area contributed by atoms with E-state index in [-0.39, 0.29) is 17.1 Å². The lowest BCUT2D eigenvalue weighted by molar-refractivity contribution is -0.385. The number of rotatable bonds is 7. The molecule has 1 aliphatic heterocycles. The van der Waals surface area contributed by atoms with Crippen molar-refractivity contribution in [1.82, 2.24) is 4.72 Å². The highest BCUT2D eigenvalue weighted by Crippen LogP contribution is 2.27. The van der Waals surface area contributed by atoms with Gasteiger partial charge in [0.25, 0.3) is 5.69 Å². The molecule has 7 nitrogen and oxygen atoms in total. The standard InChI is InChI=1S/C18H21N3O4S/c1-14-7-8-16(21(22)23)13-18(14)26(24,25)19-10-4-11-20-12-9-15-5-2-3-6-17(15)20/h2-3,5-8,13,19H,4,9-12H2,1H3. The van der Waals surface area contributed by atoms with Gasteiger partial charge in [-0.1, -0.05) is 24.3 Å². The average Bonchev–Trinajstić information content (AvgIpc) is 3.02. The van der Waals surface area contributed by atoms with Gasteiger partial charge in [0.15, 0.2) is 0 Å². The van der Waals surface area contributed by atoms with Crippen LogP contribution in [-0.2, 0) is 16.4 Å². The summed E-state index contributed by atoms with van der Waals surface area (Å²) in [4.78, 5) is 12.5. The molecule has 1 aliphatic rings. The Labute approximate surface area is 152 Å². The Morgan fingerprint density at radius 2 is 2.00 bits per heavy atom. The van der Waals surface area contributed by atoms with Gasteiger partial charge in [0.2, 0.25) is 10.0 Å². The number of fused-ring (bicyclic) bond motifs is 1. The third-order valence-electron chi connectivity index (χ3n) is 4.55. The summed E-state index contributed by atoms with van der Waals surface area (Å²) in [5, 5.41) is 10.9. The number of nitro benzene ring substituents is 1. The van der Waals surface area contributed by atoms with Gasteiger partial charge >= 0.3 is 0 Å². The zero-order valence-corrected chi connectivity index (χ0v) is 15.3. The molecule has 0 amide bonds. The molecule has 0 radical (unpaired) electrons. The van der Waals surface area contributed by atoms with Crippen LogP contribution in [0.2, 0.25) is 0 Å². The zero-order chi connectivity index (χ0) is 18.7. The van der Waals surface area contributed by atoms with Crippen LogP contribution in [0, 0.1) is 17.0 Å². The van der Waals surface area contributed by atoms with Gasteiger partial charge in [-0.25, -0.2) is 13.1 Å². The van der Waals surface area contributed by atoms with Crippen LogP contribution in [-0.4, -0.2) is 33.0 Å². The molecule has 0 fully saturated rings. The molecule has 2 aromatic carbocycles. The number of sulfonamides is 1. The molecule has 138 valence electrons. The zero-order valence-electron chi connectivity index (χ0n) is 14.5. The Morgan fingerprint density at radius 1 is 1.23 bits per heavy atom. The molecule has 0 saturated carbocycles. The summed E-state index contributed by atoms with van der Waals surface area (Å²) in [5.74, 6) is 0. The fourth-order valence-electron chi connectivity index (χ4n) is 3.18. The van der Waals surface area contributed by atoms with Gasteiger partial charge < -0.3 is 4.90 Å². The van der Waals surface area contributed by atoms with Crippen molar-refractivity contribution in [3.8, 4) is 0 Å². The summed E-state index contributed by atoms with van der Waals surface area (Å²) in [7, 11) is -3.78. The highest BCUT2D eigenvalue weighted by atomic mass is 32.2. The number of hydrogen-bond donors (Lipinski definition) is 1. The molecule has 0 saturated heterocycles. The fraction of sp³-hybridized carbons (Fsp3) is 0.333. The Kier molecular flexibility index (Phi) is 5.24. The topological polar surface area (TPSA) is 92.5 Å². The van der Waals surface area contributed by atoms with Crippen LogP contribution < -0.4 is 9.62 Å². The Balaban J connectivity index is 1.60. The van der Waals surface area contributed by atoms with Crippen LogP contribution in [0.4, 0.5) is 11.4 Å². The second-order valence-corrected chi connectivity index (χ2v) is 8.06. The molecule has 8 heteroatoms. The Morgan fingerprint density at radius 3 is 2.77 bits per heavy atom. The number of nitro groups is 1. The van der Waals surface area contributed by atoms with Crippen molar-refractivity contribution >= 4 is 21.4 Å². The highest BCUT2D eigenvalue weighted by molar-refractivity contribution is 7.89. The van der Waals surface area contributed by atoms with Gasteiger partial charge in [0, 0.05) is 37.5 Å². The number of hydrogen-bond acceptors (Lipinski definition) is 5. The summed E-state index contributed by atoms with van der Waals surface area (Å²) in [6.07, 6.45) is 1.66. The van der Waals surface area contributed by atoms with Gasteiger partial charge in [0.1, 0.15) is 0 Å². The van der Waals surface area contributed by atoms with Gasteiger partial charge in [-0.2, -0.15) is 0 Å². The lowest BCUT2D eigenvalue weighted by Crippen LogP contribution is -2.29. The number of benzene rings is 2. The molecule has 0 spiro atoms. The smallest absolute Gasteiger partial charge is 0.270 e. The van der Waals surface area contributed by atoms with E-state index in [2.05, 4.69) is 21.8 Å². The lowest BCUT2D eigenvalue weighted by atomic mass is 10.2. The van der Waals surface area contributed by atoms with Crippen molar-refractivity contribution in [2.24, 2.45) is 0 Å². The predicted molar refractivity (Wildman–Crippen MR) is 100.0 cm³/mol. The summed E-state index contributed by atoms with van der Waals surface area (Å²) >= 11 is 0. The minimum Gasteiger partial charge on any atom is -0.371 e. The van der Waals surface area contributed by atoms with Crippen LogP contribution in [0.15, 0.2) is 47.4 Å². The first-order valence-corrected chi connectivity index (χ1v) is 9.94. The van der Waals surface area contributed by atoms with Crippen LogP contribution in [0.25, 0.3) is 0 Å². The summed E-state index contributed by atoms with van der Waals surface area (Å²) in [6, 6.07) is 12.1. The molecule has 3 rings (SSSR count). The van der Waals surface area contributed by atoms with Crippen LogP contribution in [0.3, 0.4) is 0 Å². The van der Waals surface area contributed by atoms with E-state index >= 15 is 0 Å². The Bertz CT molecular complexity index is 928. The molecule has 26 heavy (non-hydrogen) atoms. The fourth-order valence-corrected chi connectivity index (χ4v) is 4.52. The van der Waals surface area contributed by atoms with Gasteiger partial charge in [-0.3, -0.25) is 10.1 Å². The molecule has 0 bridgehead atoms. The molecule has 1 heterocycles. The number of anilines is 1. The minimum atomic E-state index is -3.78. The summed E-state index contributed by atoms with van der Waals surface area (Å²) in [6.45, 7) is 3.60. The van der Waals surface area contributed by atoms with E-state index in [4.69, 9.17) is 0 Å². The van der Waals surface area contributed by atoms with Gasteiger partial charge in [0.05, 0.1) is 9.82 Å². The monoisotopic (exact) mass is 375 g/mol. The van der Waals surface area contributed by atoms with Crippen molar-refractivity contribution in [1.29, 1.82) is 0 Å². The van der Waals surface area contributed by atoms with Crippen molar-refractivity contribution in [3.63, 3.8) is 0 Å². The van der Waals surface area contributed by atoms with E-state index in [9.17, 15) is 18.5 Å². The van der Waals surface area contributed by atoms with Crippen molar-refractivity contribution < 1.29 is 13.3 Å². The van der Waals surface area contributed by atoms with E-state index in [0.29, 0.717) is 12.0 Å². The summed E-state index contributed by atoms with van der Waals surface area (Å²) in [5.41, 5.74) is 2.78. The molecule has 2 aromatic rings.